The van der Waals surface area contributed by atoms with E-state index in [-0.39, 0.29) is 47.5 Å². The molecule has 2 rings (SSSR count). The van der Waals surface area contributed by atoms with Crippen molar-refractivity contribution in [2.75, 3.05) is 6.61 Å². The Morgan fingerprint density at radius 3 is 2.00 bits per heavy atom. The van der Waals surface area contributed by atoms with E-state index in [4.69, 9.17) is 9.16 Å². The van der Waals surface area contributed by atoms with Crippen molar-refractivity contribution in [1.82, 2.24) is 0 Å². The summed E-state index contributed by atoms with van der Waals surface area (Å²) in [5.74, 6) is -0.872. The Morgan fingerprint density at radius 1 is 1.08 bits per heavy atom. The molecule has 0 bridgehead atoms. The van der Waals surface area contributed by atoms with Crippen LogP contribution in [0.4, 0.5) is 0 Å². The minimum atomic E-state index is -2.14. The highest BCUT2D eigenvalue weighted by Gasteiger charge is 2.46. The lowest BCUT2D eigenvalue weighted by molar-refractivity contribution is -0.151. The number of carbonyl (C=O) groups excluding carboxylic acids is 3. The highest BCUT2D eigenvalue weighted by Crippen LogP contribution is 2.46. The average molecular weight is 367 g/mol. The van der Waals surface area contributed by atoms with Crippen LogP contribution in [0.25, 0.3) is 0 Å². The van der Waals surface area contributed by atoms with Crippen LogP contribution in [-0.2, 0) is 23.5 Å². The lowest BCUT2D eigenvalue weighted by atomic mass is 9.82. The van der Waals surface area contributed by atoms with E-state index >= 15 is 0 Å². The van der Waals surface area contributed by atoms with Crippen LogP contribution in [0, 0.1) is 11.8 Å². The van der Waals surface area contributed by atoms with E-state index in [1.54, 1.807) is 6.92 Å². The van der Waals surface area contributed by atoms with Crippen LogP contribution < -0.4 is 0 Å². The first-order valence-electron chi connectivity index (χ1n) is 9.14. The molecule has 0 spiro atoms. The second-order valence-corrected chi connectivity index (χ2v) is 13.3. The van der Waals surface area contributed by atoms with Gasteiger partial charge in [-0.05, 0) is 37.9 Å². The van der Waals surface area contributed by atoms with Crippen molar-refractivity contribution >= 4 is 25.9 Å². The molecule has 0 aromatic rings. The molecule has 2 fully saturated rings. The van der Waals surface area contributed by atoms with Crippen LogP contribution in [0.3, 0.4) is 0 Å². The Morgan fingerprint density at radius 2 is 1.60 bits per heavy atom. The average Bonchev–Trinajstić information content (AvgIpc) is 3.28. The van der Waals surface area contributed by atoms with Gasteiger partial charge >= 0.3 is 5.97 Å². The highest BCUT2D eigenvalue weighted by molar-refractivity contribution is 6.74. The maximum atomic E-state index is 12.7. The van der Waals surface area contributed by atoms with E-state index in [2.05, 4.69) is 33.9 Å². The minimum absolute atomic E-state index is 0.0120. The summed E-state index contributed by atoms with van der Waals surface area (Å²) in [6, 6.07) is 0. The normalized spacial score (nSPS) is 22.0. The SMILES string of the molecule is CCOC(=O)C1CC(=O)C(=C(O[Si](C)(C)C(C)(C)C)C2CC2)C(=O)C1. The Bertz CT molecular complexity index is 588. The quantitative estimate of drug-likeness (QED) is 0.243. The molecule has 25 heavy (non-hydrogen) atoms. The molecule has 2 saturated carbocycles. The van der Waals surface area contributed by atoms with Crippen molar-refractivity contribution < 1.29 is 23.5 Å². The second-order valence-electron chi connectivity index (χ2n) is 8.58. The standard InChI is InChI=1S/C19H30O5Si/c1-7-23-18(22)13-10-14(20)16(15(21)11-13)17(12-8-9-12)24-25(5,6)19(2,3)4/h12-13H,7-11H2,1-6H3. The molecule has 0 unspecified atom stereocenters. The van der Waals surface area contributed by atoms with Crippen LogP contribution in [0.1, 0.15) is 53.4 Å². The van der Waals surface area contributed by atoms with Crippen molar-refractivity contribution in [1.29, 1.82) is 0 Å². The van der Waals surface area contributed by atoms with Crippen molar-refractivity contribution in [2.45, 2.75) is 71.5 Å². The van der Waals surface area contributed by atoms with Crippen LogP contribution >= 0.6 is 0 Å². The van der Waals surface area contributed by atoms with E-state index in [1.807, 2.05) is 0 Å². The topological polar surface area (TPSA) is 69.7 Å². The zero-order valence-corrected chi connectivity index (χ0v) is 17.2. The number of rotatable bonds is 5. The predicted molar refractivity (Wildman–Crippen MR) is 97.4 cm³/mol. The summed E-state index contributed by atoms with van der Waals surface area (Å²) in [5, 5.41) is -0.0120. The molecule has 0 N–H and O–H groups in total. The summed E-state index contributed by atoms with van der Waals surface area (Å²) >= 11 is 0. The first-order valence-corrected chi connectivity index (χ1v) is 12.0. The van der Waals surface area contributed by atoms with Gasteiger partial charge in [0, 0.05) is 18.8 Å². The summed E-state index contributed by atoms with van der Waals surface area (Å²) in [6.45, 7) is 12.6. The first-order chi connectivity index (χ1) is 11.5. The lowest BCUT2D eigenvalue weighted by Gasteiger charge is -2.38. The number of Topliss-reactive ketones (excluding diaryl/α,β-unsaturated/α-hetero) is 2. The molecular formula is C19H30O5Si. The molecule has 5 nitrogen and oxygen atoms in total. The van der Waals surface area contributed by atoms with Crippen molar-refractivity contribution in [2.24, 2.45) is 11.8 Å². The third-order valence-electron chi connectivity index (χ3n) is 5.41. The van der Waals surface area contributed by atoms with Crippen LogP contribution in [0.15, 0.2) is 11.3 Å². The van der Waals surface area contributed by atoms with Gasteiger partial charge < -0.3 is 9.16 Å². The minimum Gasteiger partial charge on any atom is -0.546 e. The van der Waals surface area contributed by atoms with E-state index in [1.165, 1.54) is 0 Å². The smallest absolute Gasteiger partial charge is 0.309 e. The van der Waals surface area contributed by atoms with Crippen molar-refractivity contribution in [3.05, 3.63) is 11.3 Å². The van der Waals surface area contributed by atoms with Crippen LogP contribution in [0.5, 0.6) is 0 Å². The first kappa shape index (κ1) is 19.9. The Labute approximate surface area is 151 Å². The molecule has 0 amide bonds. The van der Waals surface area contributed by atoms with Gasteiger partial charge in [0.05, 0.1) is 23.9 Å². The molecular weight excluding hydrogens is 336 g/mol. The van der Waals surface area contributed by atoms with Gasteiger partial charge in [-0.1, -0.05) is 20.8 Å². The van der Waals surface area contributed by atoms with Gasteiger partial charge in [0.2, 0.25) is 8.32 Å². The fraction of sp³-hybridized carbons (Fsp3) is 0.737. The van der Waals surface area contributed by atoms with E-state index in [9.17, 15) is 14.4 Å². The third kappa shape index (κ3) is 4.40. The summed E-state index contributed by atoms with van der Waals surface area (Å²) < 4.78 is 11.4. The lowest BCUT2D eigenvalue weighted by Crippen LogP contribution is -2.42. The molecule has 6 heteroatoms. The number of hydrogen-bond donors (Lipinski definition) is 0. The van der Waals surface area contributed by atoms with Crippen molar-refractivity contribution in [3.63, 3.8) is 0 Å². The maximum absolute atomic E-state index is 12.7. The van der Waals surface area contributed by atoms with Gasteiger partial charge in [-0.15, -0.1) is 0 Å². The molecule has 0 aliphatic heterocycles. The summed E-state index contributed by atoms with van der Waals surface area (Å²) in [5.41, 5.74) is 0.216. The van der Waals surface area contributed by atoms with Crippen molar-refractivity contribution in [3.8, 4) is 0 Å². The molecule has 0 aromatic heterocycles. The number of ether oxygens (including phenoxy) is 1. The van der Waals surface area contributed by atoms with Gasteiger partial charge in [-0.25, -0.2) is 0 Å². The number of ketones is 2. The fourth-order valence-electron chi connectivity index (χ4n) is 2.69. The summed E-state index contributed by atoms with van der Waals surface area (Å²) in [4.78, 5) is 37.3. The van der Waals surface area contributed by atoms with Gasteiger partial charge in [0.25, 0.3) is 0 Å². The largest absolute Gasteiger partial charge is 0.546 e. The monoisotopic (exact) mass is 366 g/mol. The van der Waals surface area contributed by atoms with E-state index < -0.39 is 20.2 Å². The molecule has 140 valence electrons. The molecule has 2 aliphatic carbocycles. The number of carbonyl (C=O) groups is 3. The zero-order valence-electron chi connectivity index (χ0n) is 16.2. The Hall–Kier alpha value is -1.43. The van der Waals surface area contributed by atoms with Crippen LogP contribution in [-0.4, -0.2) is 32.5 Å². The summed E-state index contributed by atoms with van der Waals surface area (Å²) in [6.07, 6.45) is 1.98. The number of esters is 1. The Kier molecular flexibility index (Phi) is 5.61. The summed E-state index contributed by atoms with van der Waals surface area (Å²) in [7, 11) is -2.14. The predicted octanol–water partition coefficient (Wildman–Crippen LogP) is 3.78. The zero-order chi connectivity index (χ0) is 19.0. The molecule has 0 heterocycles. The molecule has 0 saturated heterocycles. The van der Waals surface area contributed by atoms with Crippen LogP contribution in [0.2, 0.25) is 18.1 Å². The molecule has 2 aliphatic rings. The Balaban J connectivity index is 2.30. The van der Waals surface area contributed by atoms with Gasteiger partial charge in [0.15, 0.2) is 11.6 Å². The number of allylic oxidation sites excluding steroid dienone is 2. The van der Waals surface area contributed by atoms with Gasteiger partial charge in [-0.3, -0.25) is 14.4 Å². The maximum Gasteiger partial charge on any atom is 0.309 e. The molecule has 0 radical (unpaired) electrons. The van der Waals surface area contributed by atoms with E-state index in [0.29, 0.717) is 5.76 Å². The van der Waals surface area contributed by atoms with E-state index in [0.717, 1.165) is 12.8 Å². The second kappa shape index (κ2) is 7.06. The highest BCUT2D eigenvalue weighted by atomic mass is 28.4. The molecule has 0 aromatic carbocycles. The molecule has 0 atom stereocenters. The van der Waals surface area contributed by atoms with Gasteiger partial charge in [0.1, 0.15) is 0 Å². The third-order valence-corrected chi connectivity index (χ3v) is 9.75. The van der Waals surface area contributed by atoms with Gasteiger partial charge in [-0.2, -0.15) is 0 Å². The number of hydrogen-bond acceptors (Lipinski definition) is 5. The fourth-order valence-corrected chi connectivity index (χ4v) is 3.82.